The summed E-state index contributed by atoms with van der Waals surface area (Å²) in [4.78, 5) is 17.0. The highest BCUT2D eigenvalue weighted by Gasteiger charge is 2.17. The second-order valence-corrected chi connectivity index (χ2v) is 6.24. The van der Waals surface area contributed by atoms with Crippen LogP contribution >= 0.6 is 11.6 Å². The van der Waals surface area contributed by atoms with Gasteiger partial charge in [0.05, 0.1) is 10.7 Å². The van der Waals surface area contributed by atoms with Gasteiger partial charge in [-0.15, -0.1) is 0 Å². The van der Waals surface area contributed by atoms with Crippen molar-refractivity contribution >= 4 is 34.7 Å². The number of imidazole rings is 1. The van der Waals surface area contributed by atoms with Gasteiger partial charge in [-0.3, -0.25) is 9.20 Å². The van der Waals surface area contributed by atoms with Crippen LogP contribution in [0.4, 0.5) is 11.5 Å². The van der Waals surface area contributed by atoms with Gasteiger partial charge >= 0.3 is 0 Å². The number of halogens is 1. The van der Waals surface area contributed by atoms with Crippen LogP contribution < -0.4 is 11.1 Å². The number of pyridine rings is 1. The Morgan fingerprint density at radius 2 is 1.96 bits per heavy atom. The topological polar surface area (TPSA) is 85.6 Å². The molecule has 4 rings (SSSR count). The summed E-state index contributed by atoms with van der Waals surface area (Å²) < 4.78 is 7.42. The van der Waals surface area contributed by atoms with Gasteiger partial charge in [-0.25, -0.2) is 4.98 Å². The summed E-state index contributed by atoms with van der Waals surface area (Å²) >= 11 is 6.15. The third-order valence-corrected chi connectivity index (χ3v) is 4.33. The zero-order chi connectivity index (χ0) is 18.3. The molecule has 0 bridgehead atoms. The predicted molar refractivity (Wildman–Crippen MR) is 101 cm³/mol. The molecule has 0 aliphatic heterocycles. The average molecular weight is 367 g/mol. The number of nitrogens with zero attached hydrogens (tertiary/aromatic N) is 2. The molecule has 0 fully saturated rings. The van der Waals surface area contributed by atoms with Gasteiger partial charge in [0.2, 0.25) is 0 Å². The van der Waals surface area contributed by atoms with Crippen LogP contribution in [0, 0.1) is 6.92 Å². The maximum Gasteiger partial charge on any atom is 0.292 e. The van der Waals surface area contributed by atoms with E-state index in [1.807, 2.05) is 12.1 Å². The Balaban J connectivity index is 1.63. The van der Waals surface area contributed by atoms with Crippen LogP contribution in [-0.4, -0.2) is 15.3 Å². The lowest BCUT2D eigenvalue weighted by Crippen LogP contribution is -2.13. The van der Waals surface area contributed by atoms with E-state index in [0.717, 1.165) is 5.56 Å². The number of aromatic nitrogens is 2. The van der Waals surface area contributed by atoms with Crippen molar-refractivity contribution in [3.63, 3.8) is 0 Å². The van der Waals surface area contributed by atoms with Crippen LogP contribution in [0.3, 0.4) is 0 Å². The van der Waals surface area contributed by atoms with Gasteiger partial charge in [-0.1, -0.05) is 11.6 Å². The van der Waals surface area contributed by atoms with E-state index in [2.05, 4.69) is 10.3 Å². The number of fused-ring (bicyclic) bond motifs is 1. The normalized spacial score (nSPS) is 11.0. The summed E-state index contributed by atoms with van der Waals surface area (Å²) in [6.45, 7) is 1.81. The molecular weight excluding hydrogens is 352 g/mol. The highest BCUT2D eigenvalue weighted by atomic mass is 35.5. The van der Waals surface area contributed by atoms with E-state index < -0.39 is 0 Å². The summed E-state index contributed by atoms with van der Waals surface area (Å²) in [5, 5.41) is 3.35. The standard InChI is InChI=1S/C19H15ClN4O2/c1-11-17(24-10-2-3-14(20)18(24)22-11)23-19(25)16-9-8-15(26-16)12-4-6-13(21)7-5-12/h2-10H,21H2,1H3,(H,23,25). The molecule has 0 atom stereocenters. The third kappa shape index (κ3) is 2.80. The van der Waals surface area contributed by atoms with Gasteiger partial charge in [0.25, 0.3) is 5.91 Å². The van der Waals surface area contributed by atoms with Gasteiger partial charge < -0.3 is 15.5 Å². The van der Waals surface area contributed by atoms with Crippen LogP contribution in [0.1, 0.15) is 16.2 Å². The van der Waals surface area contributed by atoms with Crippen LogP contribution in [0.5, 0.6) is 0 Å². The van der Waals surface area contributed by atoms with Crippen LogP contribution in [0.2, 0.25) is 5.02 Å². The largest absolute Gasteiger partial charge is 0.451 e. The second kappa shape index (κ2) is 6.24. The van der Waals surface area contributed by atoms with Crippen LogP contribution in [0.15, 0.2) is 59.1 Å². The Labute approximate surface area is 154 Å². The van der Waals surface area contributed by atoms with Crippen molar-refractivity contribution in [3.05, 3.63) is 71.2 Å². The first-order chi connectivity index (χ1) is 12.5. The fourth-order valence-electron chi connectivity index (χ4n) is 2.73. The minimum absolute atomic E-state index is 0.202. The van der Waals surface area contributed by atoms with Crippen molar-refractivity contribution in [2.45, 2.75) is 6.92 Å². The van der Waals surface area contributed by atoms with Crippen molar-refractivity contribution in [1.82, 2.24) is 9.38 Å². The molecule has 6 nitrogen and oxygen atoms in total. The van der Waals surface area contributed by atoms with E-state index in [-0.39, 0.29) is 11.7 Å². The van der Waals surface area contributed by atoms with Crippen molar-refractivity contribution < 1.29 is 9.21 Å². The number of carbonyl (C=O) groups is 1. The fourth-order valence-corrected chi connectivity index (χ4v) is 2.94. The fraction of sp³-hybridized carbons (Fsp3) is 0.0526. The monoisotopic (exact) mass is 366 g/mol. The van der Waals surface area contributed by atoms with E-state index in [1.165, 1.54) is 0 Å². The van der Waals surface area contributed by atoms with E-state index >= 15 is 0 Å². The first-order valence-corrected chi connectivity index (χ1v) is 8.31. The number of aryl methyl sites for hydroxylation is 1. The van der Waals surface area contributed by atoms with E-state index in [0.29, 0.717) is 33.6 Å². The lowest BCUT2D eigenvalue weighted by atomic mass is 10.1. The first-order valence-electron chi connectivity index (χ1n) is 7.93. The molecule has 0 unspecified atom stereocenters. The van der Waals surface area contributed by atoms with E-state index in [4.69, 9.17) is 21.8 Å². The molecule has 3 aromatic heterocycles. The second-order valence-electron chi connectivity index (χ2n) is 5.84. The Kier molecular flexibility index (Phi) is 3.89. The Morgan fingerprint density at radius 1 is 1.19 bits per heavy atom. The quantitative estimate of drug-likeness (QED) is 0.526. The number of nitrogen functional groups attached to an aromatic ring is 1. The van der Waals surface area contributed by atoms with Crippen molar-refractivity contribution in [2.24, 2.45) is 0 Å². The number of hydrogen-bond donors (Lipinski definition) is 2. The van der Waals surface area contributed by atoms with Gasteiger partial charge in [0.1, 0.15) is 11.6 Å². The molecule has 0 saturated carbocycles. The number of carbonyl (C=O) groups excluding carboxylic acids is 1. The predicted octanol–water partition coefficient (Wildman–Crippen LogP) is 4.39. The zero-order valence-electron chi connectivity index (χ0n) is 13.9. The maximum atomic E-state index is 12.6. The molecule has 1 amide bonds. The van der Waals surface area contributed by atoms with Gasteiger partial charge in [0.15, 0.2) is 11.4 Å². The number of benzene rings is 1. The minimum Gasteiger partial charge on any atom is -0.451 e. The molecule has 130 valence electrons. The summed E-state index contributed by atoms with van der Waals surface area (Å²) in [5.74, 6) is 0.982. The molecule has 0 aliphatic carbocycles. The van der Waals surface area contributed by atoms with Crippen molar-refractivity contribution in [2.75, 3.05) is 11.1 Å². The summed E-state index contributed by atoms with van der Waals surface area (Å²) in [7, 11) is 0. The minimum atomic E-state index is -0.364. The molecule has 3 heterocycles. The number of rotatable bonds is 3. The highest BCUT2D eigenvalue weighted by molar-refractivity contribution is 6.33. The molecule has 1 aromatic carbocycles. The van der Waals surface area contributed by atoms with Crippen LogP contribution in [0.25, 0.3) is 17.0 Å². The number of amides is 1. The number of furan rings is 1. The van der Waals surface area contributed by atoms with E-state index in [9.17, 15) is 4.79 Å². The molecule has 7 heteroatoms. The lowest BCUT2D eigenvalue weighted by Gasteiger charge is -2.05. The maximum absolute atomic E-state index is 12.6. The number of nitrogens with one attached hydrogen (secondary N) is 1. The number of nitrogens with two attached hydrogens (primary N) is 1. The highest BCUT2D eigenvalue weighted by Crippen LogP contribution is 2.26. The summed E-state index contributed by atoms with van der Waals surface area (Å²) in [6.07, 6.45) is 1.79. The van der Waals surface area contributed by atoms with Gasteiger partial charge in [0, 0.05) is 17.4 Å². The Morgan fingerprint density at radius 3 is 2.73 bits per heavy atom. The molecule has 0 aliphatic rings. The van der Waals surface area contributed by atoms with E-state index in [1.54, 1.807) is 53.9 Å². The zero-order valence-corrected chi connectivity index (χ0v) is 14.6. The molecule has 3 N–H and O–H groups in total. The third-order valence-electron chi connectivity index (χ3n) is 4.03. The Bertz CT molecular complexity index is 1110. The SMILES string of the molecule is Cc1nc2c(Cl)cccn2c1NC(=O)c1ccc(-c2ccc(N)cc2)o1. The smallest absolute Gasteiger partial charge is 0.292 e. The van der Waals surface area contributed by atoms with Crippen molar-refractivity contribution in [3.8, 4) is 11.3 Å². The molecular formula is C19H15ClN4O2. The summed E-state index contributed by atoms with van der Waals surface area (Å²) in [5.41, 5.74) is 8.45. The molecule has 4 aromatic rings. The van der Waals surface area contributed by atoms with Gasteiger partial charge in [-0.2, -0.15) is 0 Å². The lowest BCUT2D eigenvalue weighted by molar-refractivity contribution is 0.0997. The molecule has 26 heavy (non-hydrogen) atoms. The number of hydrogen-bond acceptors (Lipinski definition) is 4. The molecule has 0 spiro atoms. The van der Waals surface area contributed by atoms with Gasteiger partial charge in [-0.05, 0) is 55.5 Å². The number of anilines is 2. The molecule has 0 saturated heterocycles. The Hall–Kier alpha value is -3.25. The summed E-state index contributed by atoms with van der Waals surface area (Å²) in [6, 6.07) is 14.2. The molecule has 0 radical (unpaired) electrons. The first kappa shape index (κ1) is 16.2. The van der Waals surface area contributed by atoms with Crippen molar-refractivity contribution in [1.29, 1.82) is 0 Å². The average Bonchev–Trinajstić information content (AvgIpc) is 3.23. The van der Waals surface area contributed by atoms with Crippen LogP contribution in [-0.2, 0) is 0 Å².